The van der Waals surface area contributed by atoms with Gasteiger partial charge in [-0.3, -0.25) is 0 Å². The van der Waals surface area contributed by atoms with Crippen molar-refractivity contribution in [1.29, 1.82) is 0 Å². The first-order valence-corrected chi connectivity index (χ1v) is 19.5. The molecule has 11 rings (SSSR count). The molecule has 0 radical (unpaired) electrons. The zero-order valence-corrected chi connectivity index (χ0v) is 29.8. The predicted molar refractivity (Wildman–Crippen MR) is 218 cm³/mol. The van der Waals surface area contributed by atoms with Gasteiger partial charge < -0.3 is 9.88 Å². The molecule has 4 heterocycles. The molecule has 0 aliphatic carbocycles. The van der Waals surface area contributed by atoms with E-state index in [1.165, 1.54) is 91.7 Å². The molecule has 0 saturated heterocycles. The fraction of sp³-hybridized carbons (Fsp3) is 0.0417. The molecule has 1 unspecified atom stereocenters. The number of aromatic nitrogens is 1. The second-order valence-corrected chi connectivity index (χ2v) is 15.8. The lowest BCUT2D eigenvalue weighted by Crippen LogP contribution is -2.37. The smallest absolute Gasteiger partial charge is 0.0745 e. The Hall–Kier alpha value is -5.68. The second kappa shape index (κ2) is 11.7. The highest BCUT2D eigenvalue weighted by Crippen LogP contribution is 2.63. The Morgan fingerprint density at radius 3 is 2.04 bits per heavy atom. The van der Waals surface area contributed by atoms with Gasteiger partial charge in [0.2, 0.25) is 0 Å². The van der Waals surface area contributed by atoms with Crippen LogP contribution >= 0.6 is 23.5 Å². The van der Waals surface area contributed by atoms with Gasteiger partial charge in [-0.25, -0.2) is 0 Å². The van der Waals surface area contributed by atoms with Crippen molar-refractivity contribution in [2.24, 2.45) is 0 Å². The van der Waals surface area contributed by atoms with E-state index in [4.69, 9.17) is 0 Å². The second-order valence-electron chi connectivity index (χ2n) is 13.6. The van der Waals surface area contributed by atoms with E-state index in [0.29, 0.717) is 0 Å². The van der Waals surface area contributed by atoms with Gasteiger partial charge in [0.05, 0.1) is 16.4 Å². The van der Waals surface area contributed by atoms with Crippen molar-refractivity contribution >= 4 is 51.0 Å². The van der Waals surface area contributed by atoms with Crippen LogP contribution in [0, 0.1) is 0 Å². The molecule has 0 saturated carbocycles. The van der Waals surface area contributed by atoms with Gasteiger partial charge in [-0.15, -0.1) is 0 Å². The largest absolute Gasteiger partial charge is 0.381 e. The van der Waals surface area contributed by atoms with Crippen molar-refractivity contribution in [1.82, 2.24) is 9.88 Å². The van der Waals surface area contributed by atoms with Crippen LogP contribution in [0.15, 0.2) is 196 Å². The molecule has 1 aromatic heterocycles. The molecule has 0 amide bonds. The molecule has 7 aromatic carbocycles. The van der Waals surface area contributed by atoms with Crippen LogP contribution in [-0.4, -0.2) is 11.1 Å². The van der Waals surface area contributed by atoms with E-state index in [-0.39, 0.29) is 0 Å². The van der Waals surface area contributed by atoms with E-state index < -0.39 is 5.41 Å². The summed E-state index contributed by atoms with van der Waals surface area (Å²) in [5.41, 5.74) is 13.4. The maximum Gasteiger partial charge on any atom is 0.0745 e. The van der Waals surface area contributed by atoms with Gasteiger partial charge >= 0.3 is 0 Å². The minimum Gasteiger partial charge on any atom is -0.381 e. The van der Waals surface area contributed by atoms with Gasteiger partial charge in [0.1, 0.15) is 0 Å². The molecule has 8 aromatic rings. The zero-order valence-electron chi connectivity index (χ0n) is 28.2. The van der Waals surface area contributed by atoms with Gasteiger partial charge in [-0.05, 0) is 87.5 Å². The number of dihydropyridines is 1. The summed E-state index contributed by atoms with van der Waals surface area (Å²) in [5.74, 6) is 0. The number of benzene rings is 7. The average Bonchev–Trinajstić information content (AvgIpc) is 3.56. The summed E-state index contributed by atoms with van der Waals surface area (Å²) < 4.78 is 2.42. The van der Waals surface area contributed by atoms with E-state index in [2.05, 4.69) is 186 Å². The molecule has 1 spiro atoms. The highest BCUT2D eigenvalue weighted by atomic mass is 32.2. The highest BCUT2D eigenvalue weighted by molar-refractivity contribution is 8.00. The first kappa shape index (κ1) is 30.0. The van der Waals surface area contributed by atoms with Crippen molar-refractivity contribution in [3.8, 4) is 16.8 Å². The Morgan fingerprint density at radius 1 is 0.538 bits per heavy atom. The molecule has 52 heavy (non-hydrogen) atoms. The molecule has 3 aliphatic heterocycles. The molecule has 4 heteroatoms. The summed E-state index contributed by atoms with van der Waals surface area (Å²) in [4.78, 5) is 5.24. The number of hydrogen-bond acceptors (Lipinski definition) is 3. The Morgan fingerprint density at radius 2 is 1.21 bits per heavy atom. The summed E-state index contributed by atoms with van der Waals surface area (Å²) in [6.07, 6.45) is 6.50. The quantitative estimate of drug-likeness (QED) is 0.198. The average molecular weight is 701 g/mol. The lowest BCUT2D eigenvalue weighted by Gasteiger charge is -2.46. The van der Waals surface area contributed by atoms with Crippen LogP contribution < -0.4 is 5.32 Å². The summed E-state index contributed by atoms with van der Waals surface area (Å²) >= 11 is 3.82. The fourth-order valence-electron chi connectivity index (χ4n) is 8.83. The van der Waals surface area contributed by atoms with Crippen LogP contribution in [0.5, 0.6) is 0 Å². The molecule has 1 atom stereocenters. The minimum atomic E-state index is -0.483. The number of rotatable bonds is 3. The van der Waals surface area contributed by atoms with Gasteiger partial charge in [0.25, 0.3) is 0 Å². The molecular weight excluding hydrogens is 669 g/mol. The Balaban J connectivity index is 1.22. The summed E-state index contributed by atoms with van der Waals surface area (Å²) in [6.45, 7) is 0.848. The number of para-hydroxylation sites is 2. The predicted octanol–water partition coefficient (Wildman–Crippen LogP) is 12.3. The van der Waals surface area contributed by atoms with Crippen LogP contribution in [0.4, 0.5) is 0 Å². The maximum atomic E-state index is 3.59. The lowest BCUT2D eigenvalue weighted by molar-refractivity contribution is 0.667. The molecule has 2 nitrogen and oxygen atoms in total. The molecule has 0 fully saturated rings. The first-order valence-electron chi connectivity index (χ1n) is 17.8. The highest BCUT2D eigenvalue weighted by Gasteiger charge is 2.49. The van der Waals surface area contributed by atoms with Crippen LogP contribution in [0.3, 0.4) is 0 Å². The van der Waals surface area contributed by atoms with Gasteiger partial charge in [-0.2, -0.15) is 0 Å². The molecule has 246 valence electrons. The monoisotopic (exact) mass is 700 g/mol. The Labute approximate surface area is 311 Å². The Kier molecular flexibility index (Phi) is 6.73. The molecule has 0 bridgehead atoms. The normalized spacial score (nSPS) is 16.9. The zero-order chi connectivity index (χ0) is 34.2. The van der Waals surface area contributed by atoms with E-state index in [9.17, 15) is 0 Å². The Bertz CT molecular complexity index is 2800. The molecule has 3 aliphatic rings. The number of nitrogens with one attached hydrogen (secondary N) is 1. The number of fused-ring (bicyclic) bond motifs is 11. The SMILES string of the molecule is C1=CCNC(c2ccc3c(c2)Sc2ccccc2C32c3ccccc3Sc3c(-c4cccc5c4c4ccccc4n5-c4ccccc4)cccc32)=C1. The van der Waals surface area contributed by atoms with Crippen LogP contribution in [0.25, 0.3) is 44.3 Å². The van der Waals surface area contributed by atoms with E-state index in [0.717, 1.165) is 6.54 Å². The molecule has 1 N–H and O–H groups in total. The molecular formula is C48H32N2S2. The van der Waals surface area contributed by atoms with Crippen molar-refractivity contribution in [3.63, 3.8) is 0 Å². The third-order valence-corrected chi connectivity index (χ3v) is 13.3. The minimum absolute atomic E-state index is 0.483. The fourth-order valence-corrected chi connectivity index (χ4v) is 11.4. The number of nitrogens with zero attached hydrogens (tertiary/aromatic N) is 1. The van der Waals surface area contributed by atoms with Crippen molar-refractivity contribution in [2.45, 2.75) is 25.0 Å². The first-order chi connectivity index (χ1) is 25.8. The van der Waals surface area contributed by atoms with Crippen LogP contribution in [0.1, 0.15) is 27.8 Å². The van der Waals surface area contributed by atoms with E-state index in [1.807, 2.05) is 23.5 Å². The maximum absolute atomic E-state index is 3.59. The number of hydrogen-bond donors (Lipinski definition) is 1. The lowest BCUT2D eigenvalue weighted by atomic mass is 9.64. The van der Waals surface area contributed by atoms with Crippen LogP contribution in [0.2, 0.25) is 0 Å². The summed E-state index contributed by atoms with van der Waals surface area (Å²) in [6, 6.07) is 58.8. The number of allylic oxidation sites excluding steroid dienone is 2. The third-order valence-electron chi connectivity index (χ3n) is 10.9. The van der Waals surface area contributed by atoms with E-state index >= 15 is 0 Å². The van der Waals surface area contributed by atoms with E-state index in [1.54, 1.807) is 0 Å². The third kappa shape index (κ3) is 4.22. The van der Waals surface area contributed by atoms with Gasteiger partial charge in [-0.1, -0.05) is 151 Å². The van der Waals surface area contributed by atoms with Crippen molar-refractivity contribution < 1.29 is 0 Å². The summed E-state index contributed by atoms with van der Waals surface area (Å²) in [5, 5.41) is 6.14. The van der Waals surface area contributed by atoms with Gasteiger partial charge in [0.15, 0.2) is 0 Å². The topological polar surface area (TPSA) is 17.0 Å². The van der Waals surface area contributed by atoms with Crippen molar-refractivity contribution in [2.75, 3.05) is 6.54 Å². The van der Waals surface area contributed by atoms with Gasteiger partial charge in [0, 0.05) is 48.3 Å². The standard InChI is InChI=1S/C48H32N2S2/c1-2-14-32(15-3-1)50-41-23-7-4-16-35(41)46-33(17-13-24-42(46)50)34-18-12-21-39-47(34)52-44-26-9-6-20-37(44)48(39)36-19-5-8-25-43(36)51-45-30-31(27-28-38(45)48)40-22-10-11-29-49-40/h1-28,30,49H,29H2. The summed E-state index contributed by atoms with van der Waals surface area (Å²) in [7, 11) is 0. The van der Waals surface area contributed by atoms with Crippen molar-refractivity contribution in [3.05, 3.63) is 204 Å². The van der Waals surface area contributed by atoms with Crippen LogP contribution in [-0.2, 0) is 5.41 Å².